The third-order valence-electron chi connectivity index (χ3n) is 4.89. The number of hydrogen-bond acceptors (Lipinski definition) is 3. The van der Waals surface area contributed by atoms with Gasteiger partial charge >= 0.3 is 0 Å². The van der Waals surface area contributed by atoms with Crippen molar-refractivity contribution in [1.82, 2.24) is 14.5 Å². The minimum absolute atomic E-state index is 0.233. The van der Waals surface area contributed by atoms with E-state index < -0.39 is 0 Å². The van der Waals surface area contributed by atoms with E-state index in [-0.39, 0.29) is 5.54 Å². The number of imidazole rings is 1. The van der Waals surface area contributed by atoms with Crippen LogP contribution in [0.4, 0.5) is 0 Å². The van der Waals surface area contributed by atoms with E-state index in [2.05, 4.69) is 27.6 Å². The van der Waals surface area contributed by atoms with E-state index in [4.69, 9.17) is 5.73 Å². The fourth-order valence-electron chi connectivity index (χ4n) is 3.69. The van der Waals surface area contributed by atoms with E-state index in [1.54, 1.807) is 0 Å². The van der Waals surface area contributed by atoms with Crippen molar-refractivity contribution in [2.24, 2.45) is 11.7 Å². The maximum atomic E-state index is 6.12. The van der Waals surface area contributed by atoms with E-state index in [0.29, 0.717) is 5.92 Å². The molecule has 2 unspecified atom stereocenters. The molecule has 0 amide bonds. The lowest BCUT2D eigenvalue weighted by Gasteiger charge is -2.45. The molecule has 94 valence electrons. The highest BCUT2D eigenvalue weighted by atomic mass is 15.3. The second-order valence-corrected chi connectivity index (χ2v) is 5.56. The quantitative estimate of drug-likeness (QED) is 0.837. The third kappa shape index (κ3) is 1.62. The van der Waals surface area contributed by atoms with Gasteiger partial charge in [-0.3, -0.25) is 4.90 Å². The van der Waals surface area contributed by atoms with Gasteiger partial charge < -0.3 is 10.3 Å². The largest absolute Gasteiger partial charge is 0.333 e. The van der Waals surface area contributed by atoms with Crippen LogP contribution in [0.1, 0.15) is 32.0 Å². The Bertz CT molecular complexity index is 400. The number of fused-ring (bicyclic) bond motifs is 1. The predicted molar refractivity (Wildman–Crippen MR) is 67.4 cm³/mol. The van der Waals surface area contributed by atoms with E-state index in [1.165, 1.54) is 25.1 Å². The molecule has 0 aromatic carbocycles. The summed E-state index contributed by atoms with van der Waals surface area (Å²) in [6, 6.07) is 0. The maximum Gasteiger partial charge on any atom is 0.122 e. The molecule has 0 bridgehead atoms. The van der Waals surface area contributed by atoms with Gasteiger partial charge in [-0.2, -0.15) is 0 Å². The lowest BCUT2D eigenvalue weighted by atomic mass is 9.86. The van der Waals surface area contributed by atoms with Crippen LogP contribution in [0.3, 0.4) is 0 Å². The highest BCUT2D eigenvalue weighted by molar-refractivity contribution is 5.05. The summed E-state index contributed by atoms with van der Waals surface area (Å²) in [7, 11) is 0. The van der Waals surface area contributed by atoms with Gasteiger partial charge in [-0.25, -0.2) is 4.98 Å². The summed E-state index contributed by atoms with van der Waals surface area (Å²) >= 11 is 0. The summed E-state index contributed by atoms with van der Waals surface area (Å²) in [6.07, 6.45) is 7.89. The molecule has 3 rings (SSSR count). The van der Waals surface area contributed by atoms with Crippen LogP contribution in [0, 0.1) is 5.92 Å². The van der Waals surface area contributed by atoms with Gasteiger partial charge in [0.05, 0.1) is 6.54 Å². The van der Waals surface area contributed by atoms with Gasteiger partial charge in [-0.15, -0.1) is 0 Å². The first kappa shape index (κ1) is 11.2. The van der Waals surface area contributed by atoms with E-state index >= 15 is 0 Å². The molecule has 4 nitrogen and oxygen atoms in total. The topological polar surface area (TPSA) is 47.1 Å². The second-order valence-electron chi connectivity index (χ2n) is 5.56. The van der Waals surface area contributed by atoms with Gasteiger partial charge in [0.15, 0.2) is 0 Å². The smallest absolute Gasteiger partial charge is 0.122 e. The van der Waals surface area contributed by atoms with E-state index in [1.807, 2.05) is 6.20 Å². The Morgan fingerprint density at radius 3 is 3.12 bits per heavy atom. The molecule has 0 spiro atoms. The van der Waals surface area contributed by atoms with Crippen LogP contribution in [0.2, 0.25) is 0 Å². The Hall–Kier alpha value is -0.870. The fraction of sp³-hybridized carbons (Fsp3) is 0.769. The van der Waals surface area contributed by atoms with Crippen LogP contribution in [-0.4, -0.2) is 33.1 Å². The first-order valence-electron chi connectivity index (χ1n) is 6.71. The predicted octanol–water partition coefficient (Wildman–Crippen LogP) is 1.22. The van der Waals surface area contributed by atoms with Crippen molar-refractivity contribution in [2.75, 3.05) is 13.1 Å². The molecule has 2 aliphatic rings. The zero-order chi connectivity index (χ0) is 11.9. The van der Waals surface area contributed by atoms with E-state index in [0.717, 1.165) is 26.2 Å². The monoisotopic (exact) mass is 234 g/mol. The summed E-state index contributed by atoms with van der Waals surface area (Å²) < 4.78 is 2.26. The van der Waals surface area contributed by atoms with Crippen LogP contribution in [-0.2, 0) is 13.1 Å². The first-order valence-corrected chi connectivity index (χ1v) is 6.71. The molecule has 1 aromatic rings. The molecule has 2 N–H and O–H groups in total. The highest BCUT2D eigenvalue weighted by Gasteiger charge is 2.44. The summed E-state index contributed by atoms with van der Waals surface area (Å²) in [6.45, 7) is 6.29. The van der Waals surface area contributed by atoms with Crippen molar-refractivity contribution in [1.29, 1.82) is 0 Å². The Kier molecular flexibility index (Phi) is 2.71. The zero-order valence-corrected chi connectivity index (χ0v) is 10.6. The number of rotatable bonds is 2. The van der Waals surface area contributed by atoms with Gasteiger partial charge in [-0.1, -0.05) is 13.3 Å². The summed E-state index contributed by atoms with van der Waals surface area (Å²) in [4.78, 5) is 7.04. The minimum atomic E-state index is 0.233. The van der Waals surface area contributed by atoms with Gasteiger partial charge in [0, 0.05) is 37.6 Å². The fourth-order valence-corrected chi connectivity index (χ4v) is 3.69. The van der Waals surface area contributed by atoms with Crippen LogP contribution in [0.15, 0.2) is 12.4 Å². The molecule has 0 saturated heterocycles. The van der Waals surface area contributed by atoms with Crippen molar-refractivity contribution in [3.8, 4) is 0 Å². The molecule has 4 heteroatoms. The van der Waals surface area contributed by atoms with Gasteiger partial charge in [0.2, 0.25) is 0 Å². The number of nitrogens with two attached hydrogens (primary N) is 1. The standard InChI is InChI=1S/C13H22N4/c1-11-3-2-4-13(11,10-14)17-8-7-16-6-5-15-12(16)9-17/h5-6,11H,2-4,7-10,14H2,1H3. The third-order valence-corrected chi connectivity index (χ3v) is 4.89. The van der Waals surface area contributed by atoms with Gasteiger partial charge in [0.1, 0.15) is 5.82 Å². The first-order chi connectivity index (χ1) is 8.26. The Morgan fingerprint density at radius 1 is 1.53 bits per heavy atom. The molecule has 0 radical (unpaired) electrons. The summed E-state index contributed by atoms with van der Waals surface area (Å²) in [5.41, 5.74) is 6.35. The lowest BCUT2D eigenvalue weighted by molar-refractivity contribution is 0.0373. The second kappa shape index (κ2) is 4.10. The van der Waals surface area contributed by atoms with Crippen molar-refractivity contribution in [3.05, 3.63) is 18.2 Å². The molecule has 2 atom stereocenters. The average Bonchev–Trinajstić information content (AvgIpc) is 2.94. The molecule has 1 fully saturated rings. The average molecular weight is 234 g/mol. The number of hydrogen-bond donors (Lipinski definition) is 1. The summed E-state index contributed by atoms with van der Waals surface area (Å²) in [5, 5.41) is 0. The van der Waals surface area contributed by atoms with Crippen molar-refractivity contribution in [2.45, 2.75) is 44.8 Å². The molecule has 1 saturated carbocycles. The molecular weight excluding hydrogens is 212 g/mol. The van der Waals surface area contributed by atoms with Crippen LogP contribution < -0.4 is 5.73 Å². The molecule has 1 aliphatic carbocycles. The van der Waals surface area contributed by atoms with E-state index in [9.17, 15) is 0 Å². The van der Waals surface area contributed by atoms with Crippen LogP contribution >= 0.6 is 0 Å². The normalized spacial score (nSPS) is 33.9. The van der Waals surface area contributed by atoms with Gasteiger partial charge in [0.25, 0.3) is 0 Å². The number of aromatic nitrogens is 2. The van der Waals surface area contributed by atoms with Crippen molar-refractivity contribution < 1.29 is 0 Å². The Balaban J connectivity index is 1.85. The zero-order valence-electron chi connectivity index (χ0n) is 10.6. The highest BCUT2D eigenvalue weighted by Crippen LogP contribution is 2.40. The Morgan fingerprint density at radius 2 is 2.41 bits per heavy atom. The minimum Gasteiger partial charge on any atom is -0.333 e. The molecule has 1 aliphatic heterocycles. The van der Waals surface area contributed by atoms with Crippen LogP contribution in [0.25, 0.3) is 0 Å². The van der Waals surface area contributed by atoms with Crippen molar-refractivity contribution in [3.63, 3.8) is 0 Å². The number of nitrogens with zero attached hydrogens (tertiary/aromatic N) is 3. The molecular formula is C13H22N4. The van der Waals surface area contributed by atoms with Gasteiger partial charge in [-0.05, 0) is 18.8 Å². The Labute approximate surface area is 103 Å². The van der Waals surface area contributed by atoms with Crippen molar-refractivity contribution >= 4 is 0 Å². The molecule has 2 heterocycles. The SMILES string of the molecule is CC1CCCC1(CN)N1CCn2ccnc2C1. The van der Waals surface area contributed by atoms with Crippen LogP contribution in [0.5, 0.6) is 0 Å². The lowest BCUT2D eigenvalue weighted by Crippen LogP contribution is -2.57. The summed E-state index contributed by atoms with van der Waals surface area (Å²) in [5.74, 6) is 1.91. The molecule has 1 aromatic heterocycles. The maximum absolute atomic E-state index is 6.12. The molecule has 17 heavy (non-hydrogen) atoms.